The van der Waals surface area contributed by atoms with Gasteiger partial charge < -0.3 is 9.72 Å². The molecule has 0 aliphatic carbocycles. The molecule has 0 fully saturated rings. The Morgan fingerprint density at radius 2 is 1.95 bits per heavy atom. The second kappa shape index (κ2) is 4.52. The van der Waals surface area contributed by atoms with E-state index < -0.39 is 6.36 Å². The summed E-state index contributed by atoms with van der Waals surface area (Å²) in [6, 6.07) is 9.26. The molecule has 3 rings (SSSR count). The van der Waals surface area contributed by atoms with Crippen molar-refractivity contribution >= 4 is 11.0 Å². The van der Waals surface area contributed by atoms with Crippen molar-refractivity contribution in [3.05, 3.63) is 42.6 Å². The highest BCUT2D eigenvalue weighted by molar-refractivity contribution is 5.80. The number of hydrogen-bond acceptors (Lipinski definition) is 3. The number of alkyl halides is 3. The summed E-state index contributed by atoms with van der Waals surface area (Å²) < 4.78 is 40.3. The highest BCUT2D eigenvalue weighted by Gasteiger charge is 2.31. The van der Waals surface area contributed by atoms with Gasteiger partial charge in [-0.1, -0.05) is 6.07 Å². The number of nitrogens with zero attached hydrogens (tertiary/aromatic N) is 2. The Labute approximate surface area is 111 Å². The van der Waals surface area contributed by atoms with Crippen LogP contribution < -0.4 is 4.74 Å². The quantitative estimate of drug-likeness (QED) is 0.780. The summed E-state index contributed by atoms with van der Waals surface area (Å²) >= 11 is 0. The van der Waals surface area contributed by atoms with E-state index >= 15 is 0 Å². The summed E-state index contributed by atoms with van der Waals surface area (Å²) in [4.78, 5) is 11.3. The van der Waals surface area contributed by atoms with Crippen LogP contribution in [-0.2, 0) is 0 Å². The van der Waals surface area contributed by atoms with Crippen LogP contribution in [0, 0.1) is 0 Å². The van der Waals surface area contributed by atoms with Crippen LogP contribution in [0.4, 0.5) is 13.2 Å². The number of ether oxygens (including phenoxy) is 1. The van der Waals surface area contributed by atoms with Gasteiger partial charge in [0.25, 0.3) is 0 Å². The average molecular weight is 279 g/mol. The van der Waals surface area contributed by atoms with Gasteiger partial charge in [0.15, 0.2) is 5.82 Å². The first-order chi connectivity index (χ1) is 9.51. The highest BCUT2D eigenvalue weighted by atomic mass is 19.4. The minimum atomic E-state index is -4.71. The first-order valence-electron chi connectivity index (χ1n) is 5.68. The van der Waals surface area contributed by atoms with Gasteiger partial charge in [0, 0.05) is 12.3 Å². The van der Waals surface area contributed by atoms with Gasteiger partial charge in [-0.15, -0.1) is 13.2 Å². The number of rotatable bonds is 2. The molecule has 7 heteroatoms. The number of aromatic amines is 1. The first kappa shape index (κ1) is 12.5. The molecule has 2 aromatic heterocycles. The van der Waals surface area contributed by atoms with Crippen molar-refractivity contribution in [2.45, 2.75) is 6.36 Å². The molecular formula is C13H8F3N3O. The lowest BCUT2D eigenvalue weighted by Crippen LogP contribution is -2.16. The molecule has 2 heterocycles. The SMILES string of the molecule is FC(F)(F)Oc1ccc2[nH]c(-c3ccccn3)nc2c1. The van der Waals surface area contributed by atoms with Gasteiger partial charge in [0.05, 0.1) is 11.0 Å². The predicted octanol–water partition coefficient (Wildman–Crippen LogP) is 3.52. The van der Waals surface area contributed by atoms with Crippen molar-refractivity contribution in [3.63, 3.8) is 0 Å². The lowest BCUT2D eigenvalue weighted by molar-refractivity contribution is -0.274. The molecule has 1 N–H and O–H groups in total. The number of halogens is 3. The van der Waals surface area contributed by atoms with Crippen LogP contribution in [0.25, 0.3) is 22.6 Å². The van der Waals surface area contributed by atoms with Gasteiger partial charge in [0.2, 0.25) is 0 Å². The van der Waals surface area contributed by atoms with Gasteiger partial charge in [-0.3, -0.25) is 4.98 Å². The summed E-state index contributed by atoms with van der Waals surface area (Å²) in [5.41, 5.74) is 1.61. The number of aromatic nitrogens is 3. The van der Waals surface area contributed by atoms with E-state index in [0.29, 0.717) is 22.6 Å². The molecule has 0 amide bonds. The lowest BCUT2D eigenvalue weighted by Gasteiger charge is -2.07. The number of benzene rings is 1. The molecule has 0 unspecified atom stereocenters. The number of fused-ring (bicyclic) bond motifs is 1. The van der Waals surface area contributed by atoms with E-state index in [1.54, 1.807) is 24.4 Å². The van der Waals surface area contributed by atoms with E-state index in [1.807, 2.05) is 0 Å². The molecule has 0 saturated carbocycles. The highest BCUT2D eigenvalue weighted by Crippen LogP contribution is 2.26. The van der Waals surface area contributed by atoms with Gasteiger partial charge in [-0.25, -0.2) is 4.98 Å². The molecule has 1 aromatic carbocycles. The van der Waals surface area contributed by atoms with E-state index in [1.165, 1.54) is 18.2 Å². The maximum atomic E-state index is 12.2. The minimum absolute atomic E-state index is 0.302. The third-order valence-electron chi connectivity index (χ3n) is 2.60. The maximum absolute atomic E-state index is 12.2. The molecule has 3 aromatic rings. The predicted molar refractivity (Wildman–Crippen MR) is 66.0 cm³/mol. The topological polar surface area (TPSA) is 50.8 Å². The summed E-state index contributed by atoms with van der Waals surface area (Å²) in [7, 11) is 0. The normalized spacial score (nSPS) is 11.8. The molecule has 0 saturated heterocycles. The van der Waals surface area contributed by atoms with Crippen LogP contribution in [0.15, 0.2) is 42.6 Å². The van der Waals surface area contributed by atoms with Gasteiger partial charge in [0.1, 0.15) is 11.4 Å². The van der Waals surface area contributed by atoms with E-state index in [-0.39, 0.29) is 5.75 Å². The number of nitrogens with one attached hydrogen (secondary N) is 1. The third kappa shape index (κ3) is 2.56. The summed E-state index contributed by atoms with van der Waals surface area (Å²) in [5, 5.41) is 0. The van der Waals surface area contributed by atoms with Crippen molar-refractivity contribution in [2.75, 3.05) is 0 Å². The Hall–Kier alpha value is -2.57. The van der Waals surface area contributed by atoms with Gasteiger partial charge in [-0.2, -0.15) is 0 Å². The molecule has 0 atom stereocenters. The summed E-state index contributed by atoms with van der Waals surface area (Å²) in [6.45, 7) is 0. The molecule has 4 nitrogen and oxygen atoms in total. The zero-order chi connectivity index (χ0) is 14.2. The van der Waals surface area contributed by atoms with Crippen molar-refractivity contribution < 1.29 is 17.9 Å². The minimum Gasteiger partial charge on any atom is -0.406 e. The maximum Gasteiger partial charge on any atom is 0.573 e. The Kier molecular flexibility index (Phi) is 2.81. The second-order valence-electron chi connectivity index (χ2n) is 4.03. The fraction of sp³-hybridized carbons (Fsp3) is 0.0769. The monoisotopic (exact) mass is 279 g/mol. The van der Waals surface area contributed by atoms with Gasteiger partial charge >= 0.3 is 6.36 Å². The Morgan fingerprint density at radius 1 is 1.10 bits per heavy atom. The number of pyridine rings is 1. The van der Waals surface area contributed by atoms with Crippen LogP contribution >= 0.6 is 0 Å². The molecule has 102 valence electrons. The molecule has 0 bridgehead atoms. The molecule has 0 radical (unpaired) electrons. The van der Waals surface area contributed by atoms with Crippen LogP contribution in [0.1, 0.15) is 0 Å². The fourth-order valence-corrected chi connectivity index (χ4v) is 1.81. The largest absolute Gasteiger partial charge is 0.573 e. The Bertz CT molecular complexity index is 737. The van der Waals surface area contributed by atoms with E-state index in [9.17, 15) is 13.2 Å². The lowest BCUT2D eigenvalue weighted by atomic mass is 10.3. The molecule has 0 spiro atoms. The van der Waals surface area contributed by atoms with Crippen molar-refractivity contribution in [1.82, 2.24) is 15.0 Å². The third-order valence-corrected chi connectivity index (χ3v) is 2.60. The van der Waals surface area contributed by atoms with Gasteiger partial charge in [-0.05, 0) is 24.3 Å². The van der Waals surface area contributed by atoms with Crippen LogP contribution in [0.5, 0.6) is 5.75 Å². The summed E-state index contributed by atoms with van der Waals surface area (Å²) in [6.07, 6.45) is -3.10. The standard InChI is InChI=1S/C13H8F3N3O/c14-13(15,16)20-8-4-5-9-11(7-8)19-12(18-9)10-3-1-2-6-17-10/h1-7H,(H,18,19). The van der Waals surface area contributed by atoms with E-state index in [4.69, 9.17) is 0 Å². The van der Waals surface area contributed by atoms with E-state index in [2.05, 4.69) is 19.7 Å². The van der Waals surface area contributed by atoms with Crippen LogP contribution in [-0.4, -0.2) is 21.3 Å². The first-order valence-corrected chi connectivity index (χ1v) is 5.68. The van der Waals surface area contributed by atoms with Crippen LogP contribution in [0.2, 0.25) is 0 Å². The molecule has 0 aliphatic rings. The number of imidazole rings is 1. The van der Waals surface area contributed by atoms with Crippen molar-refractivity contribution in [2.24, 2.45) is 0 Å². The molecular weight excluding hydrogens is 271 g/mol. The van der Waals surface area contributed by atoms with Crippen molar-refractivity contribution in [3.8, 4) is 17.3 Å². The Balaban J connectivity index is 2.00. The smallest absolute Gasteiger partial charge is 0.406 e. The zero-order valence-electron chi connectivity index (χ0n) is 9.98. The number of H-pyrrole nitrogens is 1. The van der Waals surface area contributed by atoms with Crippen molar-refractivity contribution in [1.29, 1.82) is 0 Å². The summed E-state index contributed by atoms with van der Waals surface area (Å²) in [5.74, 6) is 0.189. The van der Waals surface area contributed by atoms with Crippen LogP contribution in [0.3, 0.4) is 0 Å². The van der Waals surface area contributed by atoms with E-state index in [0.717, 1.165) is 0 Å². The number of hydrogen-bond donors (Lipinski definition) is 1. The fourth-order valence-electron chi connectivity index (χ4n) is 1.81. The second-order valence-corrected chi connectivity index (χ2v) is 4.03. The average Bonchev–Trinajstić information content (AvgIpc) is 2.81. The molecule has 20 heavy (non-hydrogen) atoms. The zero-order valence-corrected chi connectivity index (χ0v) is 9.98. The Morgan fingerprint density at radius 3 is 2.65 bits per heavy atom. The molecule has 0 aliphatic heterocycles.